The standard InChI is InChI=1S/C14H18FNO/c1-14(6-3-7-16-10-14)13(17)9-11-4-2-5-12(15)8-11/h2,4-5,8,16H,3,6-7,9-10H2,1H3. The molecule has 92 valence electrons. The first-order valence-corrected chi connectivity index (χ1v) is 6.09. The van der Waals surface area contributed by atoms with Crippen molar-refractivity contribution in [2.24, 2.45) is 5.41 Å². The van der Waals surface area contributed by atoms with Gasteiger partial charge in [-0.3, -0.25) is 4.79 Å². The molecule has 1 aromatic carbocycles. The minimum Gasteiger partial charge on any atom is -0.316 e. The molecule has 0 saturated carbocycles. The van der Waals surface area contributed by atoms with E-state index in [-0.39, 0.29) is 17.0 Å². The predicted octanol–water partition coefficient (Wildman–Crippen LogP) is 2.33. The van der Waals surface area contributed by atoms with Gasteiger partial charge in [0.15, 0.2) is 0 Å². The number of piperidine rings is 1. The van der Waals surface area contributed by atoms with Gasteiger partial charge in [0.05, 0.1) is 0 Å². The Hall–Kier alpha value is -1.22. The van der Waals surface area contributed by atoms with Gasteiger partial charge in [-0.15, -0.1) is 0 Å². The summed E-state index contributed by atoms with van der Waals surface area (Å²) in [6, 6.07) is 6.30. The molecule has 1 aliphatic rings. The normalized spacial score (nSPS) is 24.6. The smallest absolute Gasteiger partial charge is 0.144 e. The van der Waals surface area contributed by atoms with Crippen molar-refractivity contribution in [3.63, 3.8) is 0 Å². The molecule has 1 aliphatic heterocycles. The van der Waals surface area contributed by atoms with E-state index in [0.29, 0.717) is 6.42 Å². The lowest BCUT2D eigenvalue weighted by Crippen LogP contribution is -2.44. The number of carbonyl (C=O) groups excluding carboxylic acids is 1. The van der Waals surface area contributed by atoms with Crippen LogP contribution in [0, 0.1) is 11.2 Å². The summed E-state index contributed by atoms with van der Waals surface area (Å²) in [5.41, 5.74) is 0.478. The second-order valence-corrected chi connectivity index (χ2v) is 5.07. The van der Waals surface area contributed by atoms with Crippen LogP contribution in [-0.2, 0) is 11.2 Å². The third-order valence-electron chi connectivity index (χ3n) is 3.52. The van der Waals surface area contributed by atoms with Gasteiger partial charge < -0.3 is 5.32 Å². The third kappa shape index (κ3) is 2.91. The molecule has 1 saturated heterocycles. The molecule has 1 atom stereocenters. The zero-order valence-corrected chi connectivity index (χ0v) is 10.1. The second-order valence-electron chi connectivity index (χ2n) is 5.07. The van der Waals surface area contributed by atoms with Crippen molar-refractivity contribution < 1.29 is 9.18 Å². The molecule has 0 radical (unpaired) electrons. The van der Waals surface area contributed by atoms with Crippen molar-refractivity contribution >= 4 is 5.78 Å². The lowest BCUT2D eigenvalue weighted by atomic mass is 9.77. The Labute approximate surface area is 101 Å². The first-order chi connectivity index (χ1) is 8.10. The van der Waals surface area contributed by atoms with E-state index in [0.717, 1.165) is 31.5 Å². The summed E-state index contributed by atoms with van der Waals surface area (Å²) in [6.45, 7) is 3.73. The average molecular weight is 235 g/mol. The molecule has 1 fully saturated rings. The highest BCUT2D eigenvalue weighted by atomic mass is 19.1. The Balaban J connectivity index is 2.05. The Morgan fingerprint density at radius 2 is 2.35 bits per heavy atom. The van der Waals surface area contributed by atoms with Crippen molar-refractivity contribution in [1.29, 1.82) is 0 Å². The molecule has 0 aromatic heterocycles. The van der Waals surface area contributed by atoms with E-state index in [1.807, 2.05) is 6.92 Å². The second kappa shape index (κ2) is 4.96. The number of hydrogen-bond donors (Lipinski definition) is 1. The highest BCUT2D eigenvalue weighted by Crippen LogP contribution is 2.28. The molecule has 1 unspecified atom stereocenters. The molecule has 0 aliphatic carbocycles. The van der Waals surface area contributed by atoms with Gasteiger partial charge in [-0.2, -0.15) is 0 Å². The number of halogens is 1. The van der Waals surface area contributed by atoms with Gasteiger partial charge in [0.2, 0.25) is 0 Å². The van der Waals surface area contributed by atoms with Crippen molar-refractivity contribution in [2.45, 2.75) is 26.2 Å². The summed E-state index contributed by atoms with van der Waals surface area (Å²) < 4.78 is 13.0. The zero-order chi connectivity index (χ0) is 12.3. The summed E-state index contributed by atoms with van der Waals surface area (Å²) in [5.74, 6) is -0.0717. The maximum Gasteiger partial charge on any atom is 0.144 e. The van der Waals surface area contributed by atoms with Crippen LogP contribution in [0.25, 0.3) is 0 Å². The van der Waals surface area contributed by atoms with Crippen LogP contribution in [-0.4, -0.2) is 18.9 Å². The van der Waals surface area contributed by atoms with Crippen LogP contribution in [0.3, 0.4) is 0 Å². The van der Waals surface area contributed by atoms with E-state index in [9.17, 15) is 9.18 Å². The van der Waals surface area contributed by atoms with E-state index in [2.05, 4.69) is 5.32 Å². The molecule has 1 aromatic rings. The fourth-order valence-electron chi connectivity index (χ4n) is 2.34. The summed E-state index contributed by atoms with van der Waals surface area (Å²) in [6.07, 6.45) is 2.29. The van der Waals surface area contributed by atoms with Crippen LogP contribution < -0.4 is 5.32 Å². The highest BCUT2D eigenvalue weighted by molar-refractivity contribution is 5.86. The van der Waals surface area contributed by atoms with E-state index >= 15 is 0 Å². The molecule has 17 heavy (non-hydrogen) atoms. The van der Waals surface area contributed by atoms with E-state index < -0.39 is 0 Å². The van der Waals surface area contributed by atoms with E-state index in [1.54, 1.807) is 12.1 Å². The minimum absolute atomic E-state index is 0.204. The Morgan fingerprint density at radius 1 is 1.53 bits per heavy atom. The number of rotatable bonds is 3. The van der Waals surface area contributed by atoms with Crippen LogP contribution in [0.5, 0.6) is 0 Å². The van der Waals surface area contributed by atoms with E-state index in [1.165, 1.54) is 12.1 Å². The van der Waals surface area contributed by atoms with Gasteiger partial charge in [0.25, 0.3) is 0 Å². The molecule has 2 nitrogen and oxygen atoms in total. The number of Topliss-reactive ketones (excluding diaryl/α,β-unsaturated/α-hetero) is 1. The fourth-order valence-corrected chi connectivity index (χ4v) is 2.34. The number of carbonyl (C=O) groups is 1. The summed E-state index contributed by atoms with van der Waals surface area (Å²) in [5, 5.41) is 3.26. The molecule has 1 N–H and O–H groups in total. The number of benzene rings is 1. The van der Waals surface area contributed by atoms with Gasteiger partial charge in [0.1, 0.15) is 11.6 Å². The van der Waals surface area contributed by atoms with Crippen molar-refractivity contribution in [1.82, 2.24) is 5.32 Å². The topological polar surface area (TPSA) is 29.1 Å². The quantitative estimate of drug-likeness (QED) is 0.871. The van der Waals surface area contributed by atoms with Gasteiger partial charge in [-0.1, -0.05) is 19.1 Å². The number of ketones is 1. The average Bonchev–Trinajstić information content (AvgIpc) is 2.30. The van der Waals surface area contributed by atoms with Crippen LogP contribution in [0.2, 0.25) is 0 Å². The number of hydrogen-bond acceptors (Lipinski definition) is 2. The van der Waals surface area contributed by atoms with Gasteiger partial charge >= 0.3 is 0 Å². The first kappa shape index (κ1) is 12.2. The largest absolute Gasteiger partial charge is 0.316 e. The molecule has 1 heterocycles. The zero-order valence-electron chi connectivity index (χ0n) is 10.1. The van der Waals surface area contributed by atoms with Crippen molar-refractivity contribution in [3.05, 3.63) is 35.6 Å². The van der Waals surface area contributed by atoms with Gasteiger partial charge in [-0.25, -0.2) is 4.39 Å². The SMILES string of the molecule is CC1(C(=O)Cc2cccc(F)c2)CCCNC1. The lowest BCUT2D eigenvalue weighted by Gasteiger charge is -2.32. The Morgan fingerprint density at radius 3 is 3.00 bits per heavy atom. The highest BCUT2D eigenvalue weighted by Gasteiger charge is 2.33. The first-order valence-electron chi connectivity index (χ1n) is 6.09. The monoisotopic (exact) mass is 235 g/mol. The number of nitrogens with one attached hydrogen (secondary N) is 1. The summed E-state index contributed by atoms with van der Waals surface area (Å²) in [7, 11) is 0. The Kier molecular flexibility index (Phi) is 3.57. The van der Waals surface area contributed by atoms with Crippen LogP contribution >= 0.6 is 0 Å². The maximum absolute atomic E-state index is 13.0. The Bertz CT molecular complexity index is 410. The molecule has 0 spiro atoms. The molecule has 0 amide bonds. The van der Waals surface area contributed by atoms with Crippen molar-refractivity contribution in [3.8, 4) is 0 Å². The van der Waals surface area contributed by atoms with Crippen molar-refractivity contribution in [2.75, 3.05) is 13.1 Å². The van der Waals surface area contributed by atoms with Crippen LogP contribution in [0.4, 0.5) is 4.39 Å². The van der Waals surface area contributed by atoms with Gasteiger partial charge in [-0.05, 0) is 37.1 Å². The van der Waals surface area contributed by atoms with Gasteiger partial charge in [0, 0.05) is 18.4 Å². The molecule has 3 heteroatoms. The molecular formula is C14H18FNO. The molecule has 2 rings (SSSR count). The van der Waals surface area contributed by atoms with Crippen LogP contribution in [0.1, 0.15) is 25.3 Å². The van der Waals surface area contributed by atoms with E-state index in [4.69, 9.17) is 0 Å². The summed E-state index contributed by atoms with van der Waals surface area (Å²) in [4.78, 5) is 12.2. The molecular weight excluding hydrogens is 217 g/mol. The fraction of sp³-hybridized carbons (Fsp3) is 0.500. The maximum atomic E-state index is 13.0. The third-order valence-corrected chi connectivity index (χ3v) is 3.52. The minimum atomic E-state index is -0.287. The predicted molar refractivity (Wildman–Crippen MR) is 65.3 cm³/mol. The lowest BCUT2D eigenvalue weighted by molar-refractivity contribution is -0.128. The molecule has 0 bridgehead atoms. The summed E-state index contributed by atoms with van der Waals surface area (Å²) >= 11 is 0. The van der Waals surface area contributed by atoms with Crippen LogP contribution in [0.15, 0.2) is 24.3 Å².